The second-order valence-corrected chi connectivity index (χ2v) is 6.03. The number of rotatable bonds is 6. The van der Waals surface area contributed by atoms with Crippen LogP contribution in [0.1, 0.15) is 41.9 Å². The molecule has 0 radical (unpaired) electrons. The number of nitrogens with zero attached hydrogens (tertiary/aromatic N) is 3. The number of aliphatic hydroxyl groups excluding tert-OH is 1. The van der Waals surface area contributed by atoms with Crippen molar-refractivity contribution in [2.75, 3.05) is 7.11 Å². The fourth-order valence-corrected chi connectivity index (χ4v) is 2.95. The van der Waals surface area contributed by atoms with E-state index in [4.69, 9.17) is 4.74 Å². The van der Waals surface area contributed by atoms with Crippen molar-refractivity contribution in [1.82, 2.24) is 20.1 Å². The maximum Gasteiger partial charge on any atom is 0.272 e. The fourth-order valence-electron chi connectivity index (χ4n) is 2.95. The molecule has 1 atom stereocenters. The Kier molecular flexibility index (Phi) is 4.80. The van der Waals surface area contributed by atoms with Gasteiger partial charge in [0.05, 0.1) is 19.3 Å². The van der Waals surface area contributed by atoms with E-state index in [1.165, 1.54) is 0 Å². The summed E-state index contributed by atoms with van der Waals surface area (Å²) in [7, 11) is 1.56. The first-order chi connectivity index (χ1) is 11.6. The number of carbonyl (C=O) groups excluding carboxylic acids is 1. The first-order valence-corrected chi connectivity index (χ1v) is 8.13. The Labute approximate surface area is 140 Å². The van der Waals surface area contributed by atoms with E-state index >= 15 is 0 Å². The van der Waals surface area contributed by atoms with Crippen molar-refractivity contribution in [2.24, 2.45) is 5.92 Å². The number of aliphatic hydroxyl groups is 1. The number of amides is 1. The molecule has 0 unspecified atom stereocenters. The summed E-state index contributed by atoms with van der Waals surface area (Å²) in [5.74, 6) is 0.496. The second-order valence-electron chi connectivity index (χ2n) is 6.03. The average Bonchev–Trinajstić information content (AvgIpc) is 3.06. The lowest BCUT2D eigenvalue weighted by atomic mass is 9.75. The molecule has 1 saturated carbocycles. The van der Waals surface area contributed by atoms with Crippen LogP contribution in [-0.4, -0.2) is 39.0 Å². The lowest BCUT2D eigenvalue weighted by Crippen LogP contribution is -2.41. The lowest BCUT2D eigenvalue weighted by molar-refractivity contribution is 0.0234. The van der Waals surface area contributed by atoms with E-state index in [2.05, 4.69) is 15.4 Å². The van der Waals surface area contributed by atoms with Crippen LogP contribution in [0.3, 0.4) is 0 Å². The van der Waals surface area contributed by atoms with Crippen molar-refractivity contribution in [3.63, 3.8) is 0 Å². The Balaban J connectivity index is 1.77. The molecule has 7 nitrogen and oxygen atoms in total. The summed E-state index contributed by atoms with van der Waals surface area (Å²) < 4.78 is 6.80. The minimum atomic E-state index is -0.292. The zero-order valence-corrected chi connectivity index (χ0v) is 13.8. The number of aryl methyl sites for hydroxylation is 1. The SMILES string of the molecule is CCn1ccc(C(=O)N[C@@H](c2ccc(OC)nc2)C2CC(O)C2)n1. The molecular formula is C17H22N4O3. The van der Waals surface area contributed by atoms with Crippen molar-refractivity contribution < 1.29 is 14.6 Å². The number of methoxy groups -OCH3 is 1. The highest BCUT2D eigenvalue weighted by Crippen LogP contribution is 2.38. The van der Waals surface area contributed by atoms with Gasteiger partial charge in [-0.25, -0.2) is 4.98 Å². The molecule has 0 saturated heterocycles. The quantitative estimate of drug-likeness (QED) is 0.839. The Hall–Kier alpha value is -2.41. The van der Waals surface area contributed by atoms with Gasteiger partial charge in [0, 0.05) is 25.0 Å². The van der Waals surface area contributed by atoms with Gasteiger partial charge in [0.15, 0.2) is 0 Å². The largest absolute Gasteiger partial charge is 0.481 e. The van der Waals surface area contributed by atoms with E-state index in [1.807, 2.05) is 13.0 Å². The molecule has 2 aromatic heterocycles. The monoisotopic (exact) mass is 330 g/mol. The maximum atomic E-state index is 12.5. The van der Waals surface area contributed by atoms with Gasteiger partial charge in [-0.05, 0) is 37.3 Å². The van der Waals surface area contributed by atoms with E-state index in [1.54, 1.807) is 36.3 Å². The summed E-state index contributed by atoms with van der Waals surface area (Å²) in [5.41, 5.74) is 1.29. The molecule has 2 N–H and O–H groups in total. The van der Waals surface area contributed by atoms with Gasteiger partial charge in [0.25, 0.3) is 5.91 Å². The third kappa shape index (κ3) is 3.41. The topological polar surface area (TPSA) is 89.3 Å². The van der Waals surface area contributed by atoms with Crippen LogP contribution in [0.5, 0.6) is 5.88 Å². The first kappa shape index (κ1) is 16.4. The van der Waals surface area contributed by atoms with E-state index in [0.29, 0.717) is 31.0 Å². The summed E-state index contributed by atoms with van der Waals surface area (Å²) in [6.45, 7) is 2.68. The highest BCUT2D eigenvalue weighted by atomic mass is 16.5. The van der Waals surface area contributed by atoms with Crippen LogP contribution in [0.15, 0.2) is 30.6 Å². The molecule has 1 aliphatic rings. The molecule has 0 bridgehead atoms. The molecule has 1 amide bonds. The van der Waals surface area contributed by atoms with Crippen molar-refractivity contribution in [2.45, 2.75) is 38.5 Å². The summed E-state index contributed by atoms with van der Waals surface area (Å²) >= 11 is 0. The molecule has 1 aliphatic carbocycles. The number of aromatic nitrogens is 3. The summed E-state index contributed by atoms with van der Waals surface area (Å²) in [6.07, 6.45) is 4.53. The van der Waals surface area contributed by atoms with Gasteiger partial charge in [-0.2, -0.15) is 5.10 Å². The predicted molar refractivity (Wildman–Crippen MR) is 87.6 cm³/mol. The average molecular weight is 330 g/mol. The van der Waals surface area contributed by atoms with E-state index in [9.17, 15) is 9.90 Å². The van der Waals surface area contributed by atoms with Crippen molar-refractivity contribution in [3.05, 3.63) is 41.9 Å². The van der Waals surface area contributed by atoms with E-state index in [0.717, 1.165) is 5.56 Å². The van der Waals surface area contributed by atoms with Crippen LogP contribution in [0.2, 0.25) is 0 Å². The summed E-state index contributed by atoms with van der Waals surface area (Å²) in [5, 5.41) is 16.9. The maximum absolute atomic E-state index is 12.5. The van der Waals surface area contributed by atoms with Crippen LogP contribution in [-0.2, 0) is 6.54 Å². The van der Waals surface area contributed by atoms with Gasteiger partial charge in [-0.3, -0.25) is 9.48 Å². The van der Waals surface area contributed by atoms with Crippen LogP contribution in [0.4, 0.5) is 0 Å². The molecule has 3 rings (SSSR count). The van der Waals surface area contributed by atoms with Crippen LogP contribution in [0, 0.1) is 5.92 Å². The Morgan fingerprint density at radius 2 is 2.25 bits per heavy atom. The molecule has 128 valence electrons. The number of pyridine rings is 1. The highest BCUT2D eigenvalue weighted by molar-refractivity contribution is 5.92. The van der Waals surface area contributed by atoms with Crippen molar-refractivity contribution in [3.8, 4) is 5.88 Å². The van der Waals surface area contributed by atoms with Crippen molar-refractivity contribution >= 4 is 5.91 Å². The Bertz CT molecular complexity index is 692. The molecule has 0 spiro atoms. The second kappa shape index (κ2) is 7.00. The van der Waals surface area contributed by atoms with Crippen molar-refractivity contribution in [1.29, 1.82) is 0 Å². The van der Waals surface area contributed by atoms with Gasteiger partial charge in [0.1, 0.15) is 5.69 Å². The third-order valence-electron chi connectivity index (χ3n) is 4.43. The Morgan fingerprint density at radius 1 is 1.46 bits per heavy atom. The van der Waals surface area contributed by atoms with Gasteiger partial charge >= 0.3 is 0 Å². The fraction of sp³-hybridized carbons (Fsp3) is 0.471. The molecule has 7 heteroatoms. The van der Waals surface area contributed by atoms with Crippen LogP contribution >= 0.6 is 0 Å². The third-order valence-corrected chi connectivity index (χ3v) is 4.43. The zero-order valence-electron chi connectivity index (χ0n) is 13.8. The van der Waals surface area contributed by atoms with Crippen LogP contribution < -0.4 is 10.1 Å². The van der Waals surface area contributed by atoms with E-state index in [-0.39, 0.29) is 24.0 Å². The van der Waals surface area contributed by atoms with Gasteiger partial charge in [-0.1, -0.05) is 6.07 Å². The van der Waals surface area contributed by atoms with E-state index < -0.39 is 0 Å². The first-order valence-electron chi connectivity index (χ1n) is 8.13. The number of nitrogens with one attached hydrogen (secondary N) is 1. The molecule has 1 fully saturated rings. The number of carbonyl (C=O) groups is 1. The Morgan fingerprint density at radius 3 is 2.79 bits per heavy atom. The molecule has 0 aliphatic heterocycles. The summed E-state index contributed by atoms with van der Waals surface area (Å²) in [6, 6.07) is 5.17. The van der Waals surface area contributed by atoms with Gasteiger partial charge < -0.3 is 15.2 Å². The normalized spacial score (nSPS) is 21.0. The van der Waals surface area contributed by atoms with Gasteiger partial charge in [-0.15, -0.1) is 0 Å². The summed E-state index contributed by atoms with van der Waals surface area (Å²) in [4.78, 5) is 16.7. The van der Waals surface area contributed by atoms with Gasteiger partial charge in [0.2, 0.25) is 5.88 Å². The zero-order chi connectivity index (χ0) is 17.1. The smallest absolute Gasteiger partial charge is 0.272 e. The number of hydrogen-bond donors (Lipinski definition) is 2. The predicted octanol–water partition coefficient (Wildman–Crippen LogP) is 1.55. The highest BCUT2D eigenvalue weighted by Gasteiger charge is 2.36. The molecule has 2 aromatic rings. The molecule has 2 heterocycles. The molecule has 24 heavy (non-hydrogen) atoms. The minimum absolute atomic E-state index is 0.187. The minimum Gasteiger partial charge on any atom is -0.481 e. The number of ether oxygens (including phenoxy) is 1. The number of hydrogen-bond acceptors (Lipinski definition) is 5. The lowest BCUT2D eigenvalue weighted by Gasteiger charge is -2.38. The molecule has 0 aromatic carbocycles. The van der Waals surface area contributed by atoms with Crippen LogP contribution in [0.25, 0.3) is 0 Å². The standard InChI is InChI=1S/C17H22N4O3/c1-3-21-7-6-14(20-21)17(23)19-16(12-8-13(22)9-12)11-4-5-15(24-2)18-10-11/h4-7,10,12-13,16,22H,3,8-9H2,1-2H3,(H,19,23)/t12?,13?,16-/m0/s1. The molecular weight excluding hydrogens is 308 g/mol.